The van der Waals surface area contributed by atoms with Gasteiger partial charge in [0.05, 0.1) is 34.4 Å². The Labute approximate surface area is 166 Å². The minimum atomic E-state index is -4.60. The van der Waals surface area contributed by atoms with E-state index in [1.807, 2.05) is 0 Å². The van der Waals surface area contributed by atoms with Gasteiger partial charge in [0.2, 0.25) is 11.8 Å². The molecule has 1 saturated heterocycles. The standard InChI is InChI=1S/C18H13ClF5N3O2/c19-12-4-10(18(22,23)24)6-25-14(12)7-26-17(29)9-3-16(28)27(8-9)15-2-1-11(20)5-13(15)21/h1-2,4-6,9H,3,7-8H2,(H,26,29). The summed E-state index contributed by atoms with van der Waals surface area (Å²) in [4.78, 5) is 29.1. The molecule has 1 aromatic carbocycles. The molecule has 0 bridgehead atoms. The van der Waals surface area contributed by atoms with E-state index in [2.05, 4.69) is 10.3 Å². The summed E-state index contributed by atoms with van der Waals surface area (Å²) in [5.41, 5.74) is -1.13. The first-order chi connectivity index (χ1) is 13.6. The number of aromatic nitrogens is 1. The molecule has 0 aliphatic carbocycles. The first-order valence-electron chi connectivity index (χ1n) is 8.31. The molecule has 2 aromatic rings. The summed E-state index contributed by atoms with van der Waals surface area (Å²) in [7, 11) is 0. The van der Waals surface area contributed by atoms with Crippen LogP contribution in [0.4, 0.5) is 27.6 Å². The lowest BCUT2D eigenvalue weighted by Gasteiger charge is -2.17. The molecular formula is C18H13ClF5N3O2. The van der Waals surface area contributed by atoms with E-state index < -0.39 is 41.1 Å². The fourth-order valence-corrected chi connectivity index (χ4v) is 3.12. The van der Waals surface area contributed by atoms with Crippen molar-refractivity contribution < 1.29 is 31.5 Å². The summed E-state index contributed by atoms with van der Waals surface area (Å²) in [5, 5.41) is 2.19. The van der Waals surface area contributed by atoms with Crippen molar-refractivity contribution in [1.82, 2.24) is 10.3 Å². The molecule has 1 aliphatic rings. The third kappa shape index (κ3) is 4.64. The molecule has 3 rings (SSSR count). The van der Waals surface area contributed by atoms with E-state index >= 15 is 0 Å². The summed E-state index contributed by atoms with van der Waals surface area (Å²) < 4.78 is 64.8. The predicted molar refractivity (Wildman–Crippen MR) is 92.9 cm³/mol. The number of rotatable bonds is 4. The van der Waals surface area contributed by atoms with Crippen molar-refractivity contribution in [3.8, 4) is 0 Å². The minimum Gasteiger partial charge on any atom is -0.350 e. The zero-order chi connectivity index (χ0) is 21.3. The number of hydrogen-bond acceptors (Lipinski definition) is 3. The minimum absolute atomic E-state index is 0.0266. The second-order valence-electron chi connectivity index (χ2n) is 6.37. The topological polar surface area (TPSA) is 62.3 Å². The number of hydrogen-bond donors (Lipinski definition) is 1. The van der Waals surface area contributed by atoms with Crippen molar-refractivity contribution in [2.24, 2.45) is 5.92 Å². The Bertz CT molecular complexity index is 967. The van der Waals surface area contributed by atoms with Crippen LogP contribution < -0.4 is 10.2 Å². The van der Waals surface area contributed by atoms with Crippen LogP contribution in [0.1, 0.15) is 17.7 Å². The largest absolute Gasteiger partial charge is 0.417 e. The number of benzene rings is 1. The lowest BCUT2D eigenvalue weighted by atomic mass is 10.1. The monoisotopic (exact) mass is 433 g/mol. The first kappa shape index (κ1) is 21.0. The number of carbonyl (C=O) groups is 2. The highest BCUT2D eigenvalue weighted by molar-refractivity contribution is 6.31. The van der Waals surface area contributed by atoms with Gasteiger partial charge in [-0.15, -0.1) is 0 Å². The number of amides is 2. The SMILES string of the molecule is O=C(NCc1ncc(C(F)(F)F)cc1Cl)C1CC(=O)N(c2ccc(F)cc2F)C1. The van der Waals surface area contributed by atoms with Gasteiger partial charge in [-0.1, -0.05) is 11.6 Å². The third-order valence-corrected chi connectivity index (χ3v) is 4.70. The first-order valence-corrected chi connectivity index (χ1v) is 8.69. The molecule has 0 radical (unpaired) electrons. The van der Waals surface area contributed by atoms with Crippen LogP contribution in [0.15, 0.2) is 30.5 Å². The predicted octanol–water partition coefficient (Wildman–Crippen LogP) is 3.70. The summed E-state index contributed by atoms with van der Waals surface area (Å²) >= 11 is 5.79. The van der Waals surface area contributed by atoms with E-state index in [4.69, 9.17) is 11.6 Å². The number of alkyl halides is 3. The average molecular weight is 434 g/mol. The van der Waals surface area contributed by atoms with Gasteiger partial charge >= 0.3 is 6.18 Å². The normalized spacial score (nSPS) is 17.0. The second kappa shape index (κ2) is 7.94. The van der Waals surface area contributed by atoms with Gasteiger partial charge in [-0.25, -0.2) is 8.78 Å². The van der Waals surface area contributed by atoms with E-state index in [0.717, 1.165) is 17.0 Å². The van der Waals surface area contributed by atoms with Crippen LogP contribution in [0.2, 0.25) is 5.02 Å². The maximum atomic E-state index is 13.9. The van der Waals surface area contributed by atoms with E-state index in [1.165, 1.54) is 0 Å². The molecule has 154 valence electrons. The Morgan fingerprint density at radius 1 is 1.28 bits per heavy atom. The van der Waals surface area contributed by atoms with Crippen LogP contribution in [0.3, 0.4) is 0 Å². The molecule has 2 amide bonds. The van der Waals surface area contributed by atoms with E-state index in [9.17, 15) is 31.5 Å². The summed E-state index contributed by atoms with van der Waals surface area (Å²) in [6, 6.07) is 3.44. The Kier molecular flexibility index (Phi) is 5.74. The maximum Gasteiger partial charge on any atom is 0.417 e. The summed E-state index contributed by atoms with van der Waals surface area (Å²) in [6.45, 7) is -0.368. The Hall–Kier alpha value is -2.75. The third-order valence-electron chi connectivity index (χ3n) is 4.37. The van der Waals surface area contributed by atoms with Crippen molar-refractivity contribution in [1.29, 1.82) is 0 Å². The number of nitrogens with zero attached hydrogens (tertiary/aromatic N) is 2. The molecule has 2 heterocycles. The van der Waals surface area contributed by atoms with Crippen molar-refractivity contribution >= 4 is 29.1 Å². The van der Waals surface area contributed by atoms with Crippen LogP contribution in [0.25, 0.3) is 0 Å². The molecule has 1 aromatic heterocycles. The van der Waals surface area contributed by atoms with Crippen LogP contribution in [-0.4, -0.2) is 23.3 Å². The van der Waals surface area contributed by atoms with Crippen molar-refractivity contribution in [2.75, 3.05) is 11.4 Å². The van der Waals surface area contributed by atoms with Crippen LogP contribution in [-0.2, 0) is 22.3 Å². The van der Waals surface area contributed by atoms with Gasteiger partial charge in [0.25, 0.3) is 0 Å². The number of carbonyl (C=O) groups excluding carboxylic acids is 2. The summed E-state index contributed by atoms with van der Waals surface area (Å²) in [5.74, 6) is -3.63. The number of halogens is 6. The van der Waals surface area contributed by atoms with Gasteiger partial charge in [0, 0.05) is 25.2 Å². The highest BCUT2D eigenvalue weighted by atomic mass is 35.5. The molecule has 1 aliphatic heterocycles. The van der Waals surface area contributed by atoms with E-state index in [1.54, 1.807) is 0 Å². The molecule has 0 saturated carbocycles. The summed E-state index contributed by atoms with van der Waals surface area (Å²) in [6.07, 6.45) is -4.19. The fraction of sp³-hybridized carbons (Fsp3) is 0.278. The molecule has 29 heavy (non-hydrogen) atoms. The molecule has 1 fully saturated rings. The number of pyridine rings is 1. The van der Waals surface area contributed by atoms with Crippen LogP contribution >= 0.6 is 11.6 Å². The average Bonchev–Trinajstić information content (AvgIpc) is 3.01. The lowest BCUT2D eigenvalue weighted by molar-refractivity contribution is -0.137. The van der Waals surface area contributed by atoms with Crippen LogP contribution in [0, 0.1) is 17.6 Å². The Morgan fingerprint density at radius 2 is 2.00 bits per heavy atom. The van der Waals surface area contributed by atoms with Crippen molar-refractivity contribution in [3.05, 3.63) is 58.4 Å². The van der Waals surface area contributed by atoms with E-state index in [0.29, 0.717) is 18.3 Å². The molecule has 1 N–H and O–H groups in total. The molecule has 1 unspecified atom stereocenters. The maximum absolute atomic E-state index is 13.9. The Morgan fingerprint density at radius 3 is 2.62 bits per heavy atom. The van der Waals surface area contributed by atoms with E-state index in [-0.39, 0.29) is 35.9 Å². The lowest BCUT2D eigenvalue weighted by Crippen LogP contribution is -2.33. The van der Waals surface area contributed by atoms with Gasteiger partial charge in [-0.2, -0.15) is 13.2 Å². The smallest absolute Gasteiger partial charge is 0.350 e. The highest BCUT2D eigenvalue weighted by Crippen LogP contribution is 2.31. The molecule has 5 nitrogen and oxygen atoms in total. The van der Waals surface area contributed by atoms with Crippen LogP contribution in [0.5, 0.6) is 0 Å². The zero-order valence-electron chi connectivity index (χ0n) is 14.6. The van der Waals surface area contributed by atoms with Gasteiger partial charge in [-0.05, 0) is 18.2 Å². The highest BCUT2D eigenvalue weighted by Gasteiger charge is 2.36. The van der Waals surface area contributed by atoms with Crippen molar-refractivity contribution in [3.63, 3.8) is 0 Å². The van der Waals surface area contributed by atoms with Crippen molar-refractivity contribution in [2.45, 2.75) is 19.1 Å². The number of nitrogens with one attached hydrogen (secondary N) is 1. The Balaban J connectivity index is 1.64. The van der Waals surface area contributed by atoms with Gasteiger partial charge in [-0.3, -0.25) is 14.6 Å². The molecule has 1 atom stereocenters. The molecule has 0 spiro atoms. The van der Waals surface area contributed by atoms with Gasteiger partial charge < -0.3 is 10.2 Å². The van der Waals surface area contributed by atoms with Gasteiger partial charge in [0.15, 0.2) is 0 Å². The number of anilines is 1. The molecular weight excluding hydrogens is 421 g/mol. The van der Waals surface area contributed by atoms with Gasteiger partial charge in [0.1, 0.15) is 11.6 Å². The second-order valence-corrected chi connectivity index (χ2v) is 6.78. The zero-order valence-corrected chi connectivity index (χ0v) is 15.3. The molecule has 11 heteroatoms. The fourth-order valence-electron chi connectivity index (χ4n) is 2.88. The quantitative estimate of drug-likeness (QED) is 0.748.